The number of carboxylic acid groups (broad SMARTS) is 1. The summed E-state index contributed by atoms with van der Waals surface area (Å²) in [6.45, 7) is 8.02. The molecule has 0 radical (unpaired) electrons. The fourth-order valence-electron chi connectivity index (χ4n) is 3.56. The SMILES string of the molecule is CCO[Si](CCCCCCCCCCCCCCCC(=O)O)(OCC)OCC. The average Bonchev–Trinajstić information content (AvgIpc) is 2.65. The molecular weight excluding hydrogens is 372 g/mol. The fourth-order valence-corrected chi connectivity index (χ4v) is 6.25. The first-order valence-corrected chi connectivity index (χ1v) is 13.7. The van der Waals surface area contributed by atoms with Crippen molar-refractivity contribution in [3.63, 3.8) is 0 Å². The van der Waals surface area contributed by atoms with Gasteiger partial charge in [0.15, 0.2) is 0 Å². The van der Waals surface area contributed by atoms with Crippen molar-refractivity contribution in [3.05, 3.63) is 0 Å². The number of carbonyl (C=O) groups is 1. The minimum Gasteiger partial charge on any atom is -0.481 e. The highest BCUT2D eigenvalue weighted by atomic mass is 28.4. The maximum Gasteiger partial charge on any atom is 0.500 e. The second kappa shape index (κ2) is 19.9. The first-order valence-electron chi connectivity index (χ1n) is 11.7. The quantitative estimate of drug-likeness (QED) is 0.159. The summed E-state index contributed by atoms with van der Waals surface area (Å²) >= 11 is 0. The number of rotatable bonds is 22. The lowest BCUT2D eigenvalue weighted by atomic mass is 10.0. The van der Waals surface area contributed by atoms with E-state index >= 15 is 0 Å². The van der Waals surface area contributed by atoms with E-state index in [2.05, 4.69) is 0 Å². The van der Waals surface area contributed by atoms with Crippen LogP contribution in [0.1, 0.15) is 111 Å². The Kier molecular flexibility index (Phi) is 19.6. The zero-order valence-corrected chi connectivity index (χ0v) is 19.8. The molecule has 0 fully saturated rings. The van der Waals surface area contributed by atoms with Crippen molar-refractivity contribution in [3.8, 4) is 0 Å². The molecule has 6 heteroatoms. The van der Waals surface area contributed by atoms with E-state index in [1.54, 1.807) is 0 Å². The molecule has 0 aromatic heterocycles. The van der Waals surface area contributed by atoms with Gasteiger partial charge >= 0.3 is 14.8 Å². The zero-order chi connectivity index (χ0) is 20.9. The van der Waals surface area contributed by atoms with Gasteiger partial charge < -0.3 is 18.4 Å². The lowest BCUT2D eigenvalue weighted by Crippen LogP contribution is -2.45. The van der Waals surface area contributed by atoms with E-state index in [1.165, 1.54) is 64.2 Å². The van der Waals surface area contributed by atoms with Crippen LogP contribution in [0.4, 0.5) is 0 Å². The summed E-state index contributed by atoms with van der Waals surface area (Å²) in [4.78, 5) is 10.4. The van der Waals surface area contributed by atoms with Gasteiger partial charge in [0.1, 0.15) is 0 Å². The van der Waals surface area contributed by atoms with Crippen molar-refractivity contribution in [1.29, 1.82) is 0 Å². The molecule has 168 valence electrons. The largest absolute Gasteiger partial charge is 0.500 e. The Hall–Kier alpha value is -0.433. The van der Waals surface area contributed by atoms with Crippen molar-refractivity contribution in [2.24, 2.45) is 0 Å². The summed E-state index contributed by atoms with van der Waals surface area (Å²) in [6.07, 6.45) is 16.3. The Labute approximate surface area is 174 Å². The van der Waals surface area contributed by atoms with Crippen molar-refractivity contribution in [2.45, 2.75) is 117 Å². The molecule has 0 bridgehead atoms. The maximum atomic E-state index is 10.4. The van der Waals surface area contributed by atoms with E-state index in [9.17, 15) is 4.79 Å². The van der Waals surface area contributed by atoms with Gasteiger partial charge in [-0.3, -0.25) is 4.79 Å². The highest BCUT2D eigenvalue weighted by Gasteiger charge is 2.39. The highest BCUT2D eigenvalue weighted by Crippen LogP contribution is 2.21. The van der Waals surface area contributed by atoms with Crippen LogP contribution in [0.3, 0.4) is 0 Å². The second-order valence-corrected chi connectivity index (χ2v) is 10.2. The molecule has 5 nitrogen and oxygen atoms in total. The topological polar surface area (TPSA) is 65.0 Å². The molecule has 0 atom stereocenters. The minimum atomic E-state index is -2.43. The van der Waals surface area contributed by atoms with Gasteiger partial charge in [0, 0.05) is 32.3 Å². The molecule has 0 aliphatic carbocycles. The van der Waals surface area contributed by atoms with Gasteiger partial charge in [-0.25, -0.2) is 0 Å². The smallest absolute Gasteiger partial charge is 0.481 e. The lowest BCUT2D eigenvalue weighted by molar-refractivity contribution is -0.137. The van der Waals surface area contributed by atoms with Crippen molar-refractivity contribution < 1.29 is 23.2 Å². The third-order valence-corrected chi connectivity index (χ3v) is 8.12. The van der Waals surface area contributed by atoms with Crippen LogP contribution in [0.5, 0.6) is 0 Å². The van der Waals surface area contributed by atoms with Crippen molar-refractivity contribution in [2.75, 3.05) is 19.8 Å². The lowest BCUT2D eigenvalue weighted by Gasteiger charge is -2.28. The molecule has 0 spiro atoms. The van der Waals surface area contributed by atoms with Crippen LogP contribution in [-0.4, -0.2) is 39.7 Å². The first-order chi connectivity index (χ1) is 13.6. The fraction of sp³-hybridized carbons (Fsp3) is 0.955. The van der Waals surface area contributed by atoms with E-state index in [4.69, 9.17) is 18.4 Å². The molecule has 0 saturated heterocycles. The van der Waals surface area contributed by atoms with Crippen LogP contribution in [0.15, 0.2) is 0 Å². The number of hydrogen-bond acceptors (Lipinski definition) is 4. The Morgan fingerprint density at radius 1 is 0.607 bits per heavy atom. The minimum absolute atomic E-state index is 0.325. The highest BCUT2D eigenvalue weighted by molar-refractivity contribution is 6.60. The Balaban J connectivity index is 3.49. The molecule has 1 N–H and O–H groups in total. The molecule has 0 heterocycles. The first kappa shape index (κ1) is 27.6. The molecule has 0 saturated carbocycles. The van der Waals surface area contributed by atoms with Gasteiger partial charge in [-0.15, -0.1) is 0 Å². The summed E-state index contributed by atoms with van der Waals surface area (Å²) < 4.78 is 17.7. The van der Waals surface area contributed by atoms with E-state index < -0.39 is 14.8 Å². The molecule has 0 aliphatic rings. The van der Waals surface area contributed by atoms with Crippen LogP contribution in [-0.2, 0) is 18.1 Å². The van der Waals surface area contributed by atoms with Gasteiger partial charge in [-0.2, -0.15) is 0 Å². The second-order valence-electron chi connectivity index (χ2n) is 7.47. The molecule has 0 amide bonds. The Bertz CT molecular complexity index is 335. The standard InChI is InChI=1S/C22H46O5Si/c1-4-25-28(26-5-2,27-6-3)21-19-17-15-13-11-9-7-8-10-12-14-16-18-20-22(23)24/h4-21H2,1-3H3,(H,23,24). The van der Waals surface area contributed by atoms with E-state index in [-0.39, 0.29) is 0 Å². The number of unbranched alkanes of at least 4 members (excludes halogenated alkanes) is 12. The van der Waals surface area contributed by atoms with E-state index in [0.717, 1.165) is 25.3 Å². The maximum absolute atomic E-state index is 10.4. The Morgan fingerprint density at radius 2 is 0.929 bits per heavy atom. The molecule has 0 rings (SSSR count). The van der Waals surface area contributed by atoms with Crippen LogP contribution in [0.2, 0.25) is 6.04 Å². The van der Waals surface area contributed by atoms with Crippen LogP contribution in [0, 0.1) is 0 Å². The predicted octanol–water partition coefficient (Wildman–Crippen LogP) is 6.58. The van der Waals surface area contributed by atoms with Gasteiger partial charge in [0.05, 0.1) is 0 Å². The van der Waals surface area contributed by atoms with Gasteiger partial charge in [-0.05, 0) is 33.6 Å². The van der Waals surface area contributed by atoms with Crippen molar-refractivity contribution in [1.82, 2.24) is 0 Å². The van der Waals surface area contributed by atoms with Crippen LogP contribution >= 0.6 is 0 Å². The molecule has 0 aromatic carbocycles. The summed E-state index contributed by atoms with van der Waals surface area (Å²) in [6, 6.07) is 0.939. The van der Waals surface area contributed by atoms with Gasteiger partial charge in [0.25, 0.3) is 0 Å². The van der Waals surface area contributed by atoms with Gasteiger partial charge in [-0.1, -0.05) is 70.6 Å². The monoisotopic (exact) mass is 418 g/mol. The third kappa shape index (κ3) is 16.5. The van der Waals surface area contributed by atoms with E-state index in [0.29, 0.717) is 26.2 Å². The van der Waals surface area contributed by atoms with Crippen LogP contribution in [0.25, 0.3) is 0 Å². The number of carboxylic acids is 1. The number of aliphatic carboxylic acids is 1. The number of hydrogen-bond donors (Lipinski definition) is 1. The normalized spacial score (nSPS) is 11.8. The van der Waals surface area contributed by atoms with Crippen molar-refractivity contribution >= 4 is 14.8 Å². The van der Waals surface area contributed by atoms with Gasteiger partial charge in [0.2, 0.25) is 0 Å². The summed E-state index contributed by atoms with van der Waals surface area (Å²) in [5.74, 6) is -0.667. The summed E-state index contributed by atoms with van der Waals surface area (Å²) in [5, 5.41) is 8.59. The molecule has 0 aromatic rings. The summed E-state index contributed by atoms with van der Waals surface area (Å²) in [7, 11) is -2.43. The molecular formula is C22H46O5Si. The van der Waals surface area contributed by atoms with E-state index in [1.807, 2.05) is 20.8 Å². The molecule has 0 unspecified atom stereocenters. The third-order valence-electron chi connectivity index (χ3n) is 4.97. The zero-order valence-electron chi connectivity index (χ0n) is 18.8. The predicted molar refractivity (Wildman–Crippen MR) is 118 cm³/mol. The Morgan fingerprint density at radius 3 is 1.25 bits per heavy atom. The molecule has 0 aliphatic heterocycles. The van der Waals surface area contributed by atoms with Crippen LogP contribution < -0.4 is 0 Å². The molecule has 28 heavy (non-hydrogen) atoms. The average molecular weight is 419 g/mol. The summed E-state index contributed by atoms with van der Waals surface area (Å²) in [5.41, 5.74) is 0.